The topological polar surface area (TPSA) is 48.5 Å². The maximum atomic E-state index is 12.6. The van der Waals surface area contributed by atoms with E-state index >= 15 is 0 Å². The molecular formula is C18H30N4OS2. The highest BCUT2D eigenvalue weighted by molar-refractivity contribution is 8.01. The molecule has 1 amide bonds. The lowest BCUT2D eigenvalue weighted by atomic mass is 9.94. The van der Waals surface area contributed by atoms with Gasteiger partial charge in [-0.25, -0.2) is 4.98 Å². The predicted octanol–water partition coefficient (Wildman–Crippen LogP) is 2.61. The minimum atomic E-state index is -0.0147. The Labute approximate surface area is 159 Å². The number of carbonyl (C=O) groups excluding carboxylic acids is 1. The van der Waals surface area contributed by atoms with E-state index in [1.807, 2.05) is 18.7 Å². The number of aromatic nitrogens is 1. The van der Waals surface area contributed by atoms with Crippen molar-refractivity contribution in [2.24, 2.45) is 0 Å². The Bertz CT molecular complexity index is 563. The molecule has 0 aromatic carbocycles. The lowest BCUT2D eigenvalue weighted by Gasteiger charge is -2.36. The lowest BCUT2D eigenvalue weighted by molar-refractivity contribution is -0.127. The molecule has 140 valence electrons. The minimum absolute atomic E-state index is 0.0147. The number of hydrogen-bond acceptors (Lipinski definition) is 6. The molecule has 1 atom stereocenters. The van der Waals surface area contributed by atoms with Crippen molar-refractivity contribution >= 4 is 29.0 Å². The second-order valence-corrected chi connectivity index (χ2v) is 9.78. The smallest absolute Gasteiger partial charge is 0.237 e. The van der Waals surface area contributed by atoms with Crippen molar-refractivity contribution in [3.63, 3.8) is 0 Å². The van der Waals surface area contributed by atoms with Crippen molar-refractivity contribution in [1.82, 2.24) is 20.1 Å². The molecule has 1 saturated carbocycles. The van der Waals surface area contributed by atoms with Crippen LogP contribution in [0.2, 0.25) is 0 Å². The molecule has 7 heteroatoms. The van der Waals surface area contributed by atoms with E-state index in [9.17, 15) is 4.79 Å². The summed E-state index contributed by atoms with van der Waals surface area (Å²) in [5.74, 6) is 0.205. The Morgan fingerprint density at radius 3 is 2.56 bits per heavy atom. The Balaban J connectivity index is 1.40. The molecule has 0 spiro atoms. The molecule has 0 bridgehead atoms. The second kappa shape index (κ2) is 8.84. The molecule has 3 rings (SSSR count). The third-order valence-corrected chi connectivity index (χ3v) is 7.78. The first-order chi connectivity index (χ1) is 12.0. The summed E-state index contributed by atoms with van der Waals surface area (Å²) in [4.78, 5) is 21.8. The summed E-state index contributed by atoms with van der Waals surface area (Å²) < 4.78 is 1.19. The lowest BCUT2D eigenvalue weighted by Crippen LogP contribution is -2.54. The molecule has 0 radical (unpaired) electrons. The number of piperazine rings is 1. The zero-order chi connectivity index (χ0) is 17.8. The molecule has 1 unspecified atom stereocenters. The first kappa shape index (κ1) is 19.1. The largest absolute Gasteiger partial charge is 0.352 e. The van der Waals surface area contributed by atoms with Crippen molar-refractivity contribution < 1.29 is 4.79 Å². The first-order valence-electron chi connectivity index (χ1n) is 9.33. The number of rotatable bonds is 5. The summed E-state index contributed by atoms with van der Waals surface area (Å²) in [6, 6.07) is 0.330. The molecule has 2 aliphatic rings. The van der Waals surface area contributed by atoms with Crippen LogP contribution in [0.1, 0.15) is 38.3 Å². The van der Waals surface area contributed by atoms with Gasteiger partial charge in [0.05, 0.1) is 6.04 Å². The van der Waals surface area contributed by atoms with Crippen LogP contribution >= 0.6 is 23.1 Å². The fourth-order valence-electron chi connectivity index (χ4n) is 3.55. The number of aryl methyl sites for hydroxylation is 1. The van der Waals surface area contributed by atoms with Crippen LogP contribution < -0.4 is 5.32 Å². The van der Waals surface area contributed by atoms with Crippen LogP contribution in [-0.2, 0) is 4.79 Å². The summed E-state index contributed by atoms with van der Waals surface area (Å²) in [7, 11) is 2.14. The summed E-state index contributed by atoms with van der Waals surface area (Å²) >= 11 is 3.66. The predicted molar refractivity (Wildman–Crippen MR) is 105 cm³/mol. The van der Waals surface area contributed by atoms with Gasteiger partial charge in [0.2, 0.25) is 5.91 Å². The molecule has 2 heterocycles. The van der Waals surface area contributed by atoms with Crippen molar-refractivity contribution in [2.75, 3.05) is 33.2 Å². The fourth-order valence-corrected chi connectivity index (χ4v) is 5.84. The van der Waals surface area contributed by atoms with Gasteiger partial charge in [0.15, 0.2) is 0 Å². The summed E-state index contributed by atoms with van der Waals surface area (Å²) in [5.41, 5.74) is 1.12. The van der Waals surface area contributed by atoms with Gasteiger partial charge in [-0.1, -0.05) is 11.8 Å². The Hall–Kier alpha value is -0.630. The van der Waals surface area contributed by atoms with Gasteiger partial charge >= 0.3 is 0 Å². The molecule has 1 N–H and O–H groups in total. The molecule has 2 fully saturated rings. The van der Waals surface area contributed by atoms with Gasteiger partial charge in [-0.05, 0) is 46.6 Å². The van der Waals surface area contributed by atoms with Crippen molar-refractivity contribution in [2.45, 2.75) is 61.2 Å². The molecule has 1 aliphatic carbocycles. The van der Waals surface area contributed by atoms with Gasteiger partial charge in [0.1, 0.15) is 4.34 Å². The van der Waals surface area contributed by atoms with Crippen LogP contribution in [0.15, 0.2) is 9.72 Å². The van der Waals surface area contributed by atoms with Crippen LogP contribution in [0.25, 0.3) is 0 Å². The van der Waals surface area contributed by atoms with Crippen LogP contribution in [0.3, 0.4) is 0 Å². The maximum absolute atomic E-state index is 12.6. The normalized spacial score (nSPS) is 27.2. The summed E-state index contributed by atoms with van der Waals surface area (Å²) in [6.45, 7) is 8.18. The quantitative estimate of drug-likeness (QED) is 0.848. The minimum Gasteiger partial charge on any atom is -0.352 e. The van der Waals surface area contributed by atoms with Gasteiger partial charge in [0, 0.05) is 48.5 Å². The number of nitrogens with one attached hydrogen (secondary N) is 1. The van der Waals surface area contributed by atoms with E-state index in [0.717, 1.165) is 57.6 Å². The van der Waals surface area contributed by atoms with E-state index in [0.29, 0.717) is 11.3 Å². The van der Waals surface area contributed by atoms with Crippen molar-refractivity contribution in [3.05, 3.63) is 11.1 Å². The molecule has 1 aromatic heterocycles. The Morgan fingerprint density at radius 1 is 1.28 bits per heavy atom. The highest BCUT2D eigenvalue weighted by atomic mass is 32.2. The van der Waals surface area contributed by atoms with Crippen LogP contribution in [0.5, 0.6) is 0 Å². The van der Waals surface area contributed by atoms with Crippen molar-refractivity contribution in [3.8, 4) is 0 Å². The van der Waals surface area contributed by atoms with Gasteiger partial charge < -0.3 is 10.2 Å². The van der Waals surface area contributed by atoms with E-state index in [1.54, 1.807) is 11.3 Å². The van der Waals surface area contributed by atoms with Crippen LogP contribution in [0, 0.1) is 6.92 Å². The average Bonchev–Trinajstić information content (AvgIpc) is 3.01. The molecule has 1 saturated heterocycles. The third-order valence-electron chi connectivity index (χ3n) is 5.35. The van der Waals surface area contributed by atoms with Gasteiger partial charge in [-0.3, -0.25) is 9.69 Å². The summed E-state index contributed by atoms with van der Waals surface area (Å²) in [6.07, 6.45) is 4.50. The number of carbonyl (C=O) groups is 1. The molecule has 5 nitrogen and oxygen atoms in total. The number of nitrogens with zero attached hydrogens (tertiary/aromatic N) is 3. The molecule has 1 aliphatic heterocycles. The summed E-state index contributed by atoms with van der Waals surface area (Å²) in [5, 5.41) is 6.07. The van der Waals surface area contributed by atoms with Crippen LogP contribution in [-0.4, -0.2) is 71.3 Å². The van der Waals surface area contributed by atoms with E-state index < -0.39 is 0 Å². The van der Waals surface area contributed by atoms with Gasteiger partial charge in [-0.2, -0.15) is 0 Å². The van der Waals surface area contributed by atoms with Gasteiger partial charge in [-0.15, -0.1) is 11.3 Å². The zero-order valence-corrected chi connectivity index (χ0v) is 17.2. The van der Waals surface area contributed by atoms with E-state index in [4.69, 9.17) is 0 Å². The van der Waals surface area contributed by atoms with Crippen molar-refractivity contribution in [1.29, 1.82) is 0 Å². The van der Waals surface area contributed by atoms with E-state index in [-0.39, 0.29) is 11.9 Å². The maximum Gasteiger partial charge on any atom is 0.237 e. The first-order valence-corrected chi connectivity index (χ1v) is 11.1. The Kier molecular flexibility index (Phi) is 6.77. The molecular weight excluding hydrogens is 352 g/mol. The second-order valence-electron chi connectivity index (χ2n) is 7.37. The average molecular weight is 383 g/mol. The highest BCUT2D eigenvalue weighted by Crippen LogP contribution is 2.35. The fraction of sp³-hybridized carbons (Fsp3) is 0.778. The third kappa shape index (κ3) is 5.42. The number of amides is 1. The number of thioether (sulfide) groups is 1. The standard InChI is InChI=1S/C18H30N4OS2/c1-13-12-24-18(19-13)25-16-6-4-15(5-7-16)20-17(23)14(2)22-10-8-21(3)9-11-22/h12,14-16H,4-11H2,1-3H3,(H,20,23). The zero-order valence-electron chi connectivity index (χ0n) is 15.5. The number of likely N-dealkylation sites (N-methyl/N-ethyl adjacent to an activating group) is 1. The number of thiazole rings is 1. The SMILES string of the molecule is Cc1csc(SC2CCC(NC(=O)C(C)N3CCN(C)CC3)CC2)n1. The number of hydrogen-bond donors (Lipinski definition) is 1. The molecule has 1 aromatic rings. The van der Waals surface area contributed by atoms with Gasteiger partial charge in [0.25, 0.3) is 0 Å². The molecule has 25 heavy (non-hydrogen) atoms. The van der Waals surface area contributed by atoms with Crippen LogP contribution in [0.4, 0.5) is 0 Å². The van der Waals surface area contributed by atoms with E-state index in [1.165, 1.54) is 4.34 Å². The highest BCUT2D eigenvalue weighted by Gasteiger charge is 2.28. The van der Waals surface area contributed by atoms with E-state index in [2.05, 4.69) is 39.5 Å². The monoisotopic (exact) mass is 382 g/mol. The Morgan fingerprint density at radius 2 is 1.96 bits per heavy atom.